The lowest BCUT2D eigenvalue weighted by Gasteiger charge is -2.33. The first-order valence-electron chi connectivity index (χ1n) is 9.83. The van der Waals surface area contributed by atoms with Crippen LogP contribution in [-0.4, -0.2) is 41.6 Å². The van der Waals surface area contributed by atoms with Crippen LogP contribution in [0.15, 0.2) is 29.1 Å². The Kier molecular flexibility index (Phi) is 5.07. The van der Waals surface area contributed by atoms with E-state index in [1.165, 1.54) is 11.7 Å². The number of carbonyl (C=O) groups excluding carboxylic acids is 2. The number of methoxy groups -OCH3 is 1. The molecule has 2 aliphatic rings. The smallest absolute Gasteiger partial charge is 0.296 e. The number of ether oxygens (including phenoxy) is 2. The second kappa shape index (κ2) is 7.56. The van der Waals surface area contributed by atoms with Crippen molar-refractivity contribution in [2.75, 3.05) is 25.2 Å². The fraction of sp³-hybridized carbons (Fsp3) is 0.429. The Bertz CT molecular complexity index is 1080. The number of nitrogens with one attached hydrogen (secondary N) is 1. The van der Waals surface area contributed by atoms with Crippen LogP contribution >= 0.6 is 0 Å². The fourth-order valence-electron chi connectivity index (χ4n) is 3.75. The molecule has 2 aromatic rings. The molecule has 1 aromatic heterocycles. The SMILES string of the molecule is COc1c(C(=O)NCc2ccccc2N2CCC2=O)nc2n(c1=O)CCOC2(C)C. The highest BCUT2D eigenvalue weighted by molar-refractivity contribution is 6.00. The van der Waals surface area contributed by atoms with E-state index in [9.17, 15) is 14.4 Å². The number of fused-ring (bicyclic) bond motifs is 1. The van der Waals surface area contributed by atoms with E-state index < -0.39 is 17.1 Å². The van der Waals surface area contributed by atoms with Gasteiger partial charge in [-0.05, 0) is 25.5 Å². The molecule has 2 aliphatic heterocycles. The first-order valence-corrected chi connectivity index (χ1v) is 9.83. The molecule has 3 heterocycles. The van der Waals surface area contributed by atoms with Gasteiger partial charge < -0.3 is 19.7 Å². The molecule has 4 rings (SSSR count). The van der Waals surface area contributed by atoms with Crippen LogP contribution in [0.3, 0.4) is 0 Å². The summed E-state index contributed by atoms with van der Waals surface area (Å²) in [5.74, 6) is -0.183. The average molecular weight is 412 g/mol. The van der Waals surface area contributed by atoms with Crippen LogP contribution in [0, 0.1) is 0 Å². The molecule has 158 valence electrons. The summed E-state index contributed by atoms with van der Waals surface area (Å²) in [6, 6.07) is 7.40. The van der Waals surface area contributed by atoms with Crippen molar-refractivity contribution in [2.24, 2.45) is 0 Å². The third-order valence-corrected chi connectivity index (χ3v) is 5.44. The van der Waals surface area contributed by atoms with Gasteiger partial charge in [0.1, 0.15) is 11.4 Å². The highest BCUT2D eigenvalue weighted by Crippen LogP contribution is 2.28. The van der Waals surface area contributed by atoms with Crippen molar-refractivity contribution >= 4 is 17.5 Å². The number of rotatable bonds is 5. The van der Waals surface area contributed by atoms with Gasteiger partial charge in [-0.2, -0.15) is 0 Å². The molecule has 9 heteroatoms. The van der Waals surface area contributed by atoms with Gasteiger partial charge in [-0.1, -0.05) is 18.2 Å². The molecular formula is C21H24N4O5. The molecule has 1 fully saturated rings. The van der Waals surface area contributed by atoms with Crippen LogP contribution < -0.4 is 20.5 Å². The predicted molar refractivity (Wildman–Crippen MR) is 109 cm³/mol. The molecule has 0 unspecified atom stereocenters. The summed E-state index contributed by atoms with van der Waals surface area (Å²) in [5.41, 5.74) is 0.286. The maximum atomic E-state index is 13.0. The Morgan fingerprint density at radius 3 is 2.70 bits per heavy atom. The molecule has 1 saturated heterocycles. The summed E-state index contributed by atoms with van der Waals surface area (Å²) in [5, 5.41) is 2.80. The first-order chi connectivity index (χ1) is 14.3. The number of hydrogen-bond acceptors (Lipinski definition) is 6. The topological polar surface area (TPSA) is 103 Å². The third-order valence-electron chi connectivity index (χ3n) is 5.44. The van der Waals surface area contributed by atoms with Gasteiger partial charge in [-0.25, -0.2) is 4.98 Å². The van der Waals surface area contributed by atoms with E-state index in [4.69, 9.17) is 9.47 Å². The second-order valence-corrected chi connectivity index (χ2v) is 7.74. The number of aromatic nitrogens is 2. The molecule has 9 nitrogen and oxygen atoms in total. The minimum atomic E-state index is -0.802. The summed E-state index contributed by atoms with van der Waals surface area (Å²) < 4.78 is 12.4. The van der Waals surface area contributed by atoms with Crippen LogP contribution in [-0.2, 0) is 28.2 Å². The first kappa shape index (κ1) is 20.1. The maximum absolute atomic E-state index is 13.0. The van der Waals surface area contributed by atoms with Gasteiger partial charge in [0.25, 0.3) is 11.5 Å². The van der Waals surface area contributed by atoms with Crippen molar-refractivity contribution in [3.8, 4) is 5.75 Å². The molecule has 30 heavy (non-hydrogen) atoms. The van der Waals surface area contributed by atoms with Crippen LogP contribution in [0.25, 0.3) is 0 Å². The Balaban J connectivity index is 1.63. The van der Waals surface area contributed by atoms with E-state index in [2.05, 4.69) is 10.3 Å². The van der Waals surface area contributed by atoms with Gasteiger partial charge in [0.2, 0.25) is 11.7 Å². The van der Waals surface area contributed by atoms with Crippen molar-refractivity contribution in [1.82, 2.24) is 14.9 Å². The summed E-state index contributed by atoms with van der Waals surface area (Å²) in [4.78, 5) is 43.8. The summed E-state index contributed by atoms with van der Waals surface area (Å²) in [7, 11) is 1.34. The van der Waals surface area contributed by atoms with Gasteiger partial charge >= 0.3 is 0 Å². The van der Waals surface area contributed by atoms with Crippen molar-refractivity contribution in [2.45, 2.75) is 39.0 Å². The van der Waals surface area contributed by atoms with E-state index in [1.807, 2.05) is 24.3 Å². The number of β-lactam (4-membered cyclic amide) rings is 1. The second-order valence-electron chi connectivity index (χ2n) is 7.74. The van der Waals surface area contributed by atoms with Gasteiger partial charge in [-0.15, -0.1) is 0 Å². The number of anilines is 1. The van der Waals surface area contributed by atoms with E-state index in [0.717, 1.165) is 11.3 Å². The zero-order chi connectivity index (χ0) is 21.5. The highest BCUT2D eigenvalue weighted by atomic mass is 16.5. The Hall–Kier alpha value is -3.20. The monoisotopic (exact) mass is 412 g/mol. The van der Waals surface area contributed by atoms with Crippen molar-refractivity contribution in [3.63, 3.8) is 0 Å². The summed E-state index contributed by atoms with van der Waals surface area (Å²) >= 11 is 0. The molecule has 0 spiro atoms. The van der Waals surface area contributed by atoms with Crippen LogP contribution in [0.2, 0.25) is 0 Å². The largest absolute Gasteiger partial charge is 0.489 e. The lowest BCUT2D eigenvalue weighted by atomic mass is 10.1. The molecule has 0 radical (unpaired) electrons. The molecule has 0 aliphatic carbocycles. The number of carbonyl (C=O) groups is 2. The molecular weight excluding hydrogens is 388 g/mol. The molecule has 0 saturated carbocycles. The minimum Gasteiger partial charge on any atom is -0.489 e. The van der Waals surface area contributed by atoms with E-state index >= 15 is 0 Å². The fourth-order valence-corrected chi connectivity index (χ4v) is 3.75. The highest BCUT2D eigenvalue weighted by Gasteiger charge is 2.34. The van der Waals surface area contributed by atoms with Crippen LogP contribution in [0.5, 0.6) is 5.75 Å². The standard InChI is InChI=1S/C21H24N4O5/c1-21(2)20-23-16(17(29-3)19(28)25(20)10-11-30-21)18(27)22-12-13-6-4-5-7-14(13)24-9-8-15(24)26/h4-7H,8-12H2,1-3H3,(H,22,27). The Morgan fingerprint density at radius 2 is 2.03 bits per heavy atom. The summed E-state index contributed by atoms with van der Waals surface area (Å²) in [6.45, 7) is 5.18. The van der Waals surface area contributed by atoms with E-state index in [1.54, 1.807) is 18.7 Å². The quantitative estimate of drug-likeness (QED) is 0.740. The minimum absolute atomic E-state index is 0.0575. The van der Waals surface area contributed by atoms with Gasteiger partial charge in [-0.3, -0.25) is 19.0 Å². The predicted octanol–water partition coefficient (Wildman–Crippen LogP) is 1.18. The van der Waals surface area contributed by atoms with Gasteiger partial charge in [0.05, 0.1) is 20.3 Å². The van der Waals surface area contributed by atoms with Crippen molar-refractivity contribution in [3.05, 3.63) is 51.7 Å². The Labute approximate surface area is 173 Å². The molecule has 1 N–H and O–H groups in total. The summed E-state index contributed by atoms with van der Waals surface area (Å²) in [6.07, 6.45) is 0.527. The van der Waals surface area contributed by atoms with Gasteiger partial charge in [0.15, 0.2) is 5.69 Å². The zero-order valence-electron chi connectivity index (χ0n) is 17.2. The van der Waals surface area contributed by atoms with Gasteiger partial charge in [0, 0.05) is 25.2 Å². The number of nitrogens with zero attached hydrogens (tertiary/aromatic N) is 3. The lowest BCUT2D eigenvalue weighted by Crippen LogP contribution is -2.44. The number of hydrogen-bond donors (Lipinski definition) is 1. The molecule has 1 aromatic carbocycles. The number of para-hydroxylation sites is 1. The Morgan fingerprint density at radius 1 is 1.27 bits per heavy atom. The van der Waals surface area contributed by atoms with E-state index in [-0.39, 0.29) is 23.9 Å². The lowest BCUT2D eigenvalue weighted by molar-refractivity contribution is -0.122. The van der Waals surface area contributed by atoms with Crippen molar-refractivity contribution in [1.29, 1.82) is 0 Å². The maximum Gasteiger partial charge on any atom is 0.296 e. The van der Waals surface area contributed by atoms with E-state index in [0.29, 0.717) is 31.9 Å². The molecule has 0 bridgehead atoms. The third kappa shape index (κ3) is 3.35. The average Bonchev–Trinajstić information content (AvgIpc) is 2.72. The van der Waals surface area contributed by atoms with Crippen LogP contribution in [0.1, 0.15) is 42.1 Å². The molecule has 0 atom stereocenters. The normalized spacial score (nSPS) is 17.2. The zero-order valence-corrected chi connectivity index (χ0v) is 17.2. The number of benzene rings is 1. The van der Waals surface area contributed by atoms with Crippen molar-refractivity contribution < 1.29 is 19.1 Å². The number of amides is 2. The molecule has 2 amide bonds. The van der Waals surface area contributed by atoms with Crippen LogP contribution in [0.4, 0.5) is 5.69 Å².